The zero-order valence-corrected chi connectivity index (χ0v) is 13.3. The fourth-order valence-corrected chi connectivity index (χ4v) is 3.19. The van der Waals surface area contributed by atoms with Gasteiger partial charge >= 0.3 is 0 Å². The molecule has 1 N–H and O–H groups in total. The SMILES string of the molecule is CCc1nc(NC(C)Cc2cccs2)c2cnn(C)c2n1. The van der Waals surface area contributed by atoms with Gasteiger partial charge in [0.25, 0.3) is 0 Å². The Hall–Kier alpha value is -1.95. The number of nitrogens with one attached hydrogen (secondary N) is 1. The van der Waals surface area contributed by atoms with E-state index in [2.05, 4.69) is 51.7 Å². The maximum atomic E-state index is 4.63. The van der Waals surface area contributed by atoms with Crippen molar-refractivity contribution >= 4 is 28.2 Å². The zero-order chi connectivity index (χ0) is 14.8. The van der Waals surface area contributed by atoms with E-state index in [9.17, 15) is 0 Å². The highest BCUT2D eigenvalue weighted by molar-refractivity contribution is 7.09. The molecule has 0 bridgehead atoms. The van der Waals surface area contributed by atoms with E-state index in [1.165, 1.54) is 4.88 Å². The molecule has 110 valence electrons. The fourth-order valence-electron chi connectivity index (χ4n) is 2.35. The Kier molecular flexibility index (Phi) is 3.88. The van der Waals surface area contributed by atoms with Gasteiger partial charge in [0.15, 0.2) is 5.65 Å². The molecule has 21 heavy (non-hydrogen) atoms. The predicted molar refractivity (Wildman–Crippen MR) is 86.8 cm³/mol. The van der Waals surface area contributed by atoms with Crippen molar-refractivity contribution < 1.29 is 0 Å². The van der Waals surface area contributed by atoms with Crippen molar-refractivity contribution in [2.75, 3.05) is 5.32 Å². The number of nitrogens with zero attached hydrogens (tertiary/aromatic N) is 4. The molecule has 1 unspecified atom stereocenters. The lowest BCUT2D eigenvalue weighted by atomic mass is 10.2. The number of rotatable bonds is 5. The summed E-state index contributed by atoms with van der Waals surface area (Å²) in [5.74, 6) is 1.73. The minimum Gasteiger partial charge on any atom is -0.367 e. The molecule has 0 fully saturated rings. The first-order valence-electron chi connectivity index (χ1n) is 7.15. The van der Waals surface area contributed by atoms with Crippen molar-refractivity contribution in [3.63, 3.8) is 0 Å². The van der Waals surface area contributed by atoms with Crippen LogP contribution in [0.15, 0.2) is 23.7 Å². The summed E-state index contributed by atoms with van der Waals surface area (Å²) in [6.45, 7) is 4.24. The van der Waals surface area contributed by atoms with Crippen LogP contribution in [0.5, 0.6) is 0 Å². The maximum absolute atomic E-state index is 4.63. The molecule has 0 aromatic carbocycles. The van der Waals surface area contributed by atoms with Crippen LogP contribution in [-0.2, 0) is 19.9 Å². The monoisotopic (exact) mass is 301 g/mol. The third kappa shape index (κ3) is 2.90. The van der Waals surface area contributed by atoms with Crippen molar-refractivity contribution in [2.24, 2.45) is 7.05 Å². The maximum Gasteiger partial charge on any atom is 0.163 e. The molecule has 0 saturated heterocycles. The van der Waals surface area contributed by atoms with Crippen molar-refractivity contribution in [3.8, 4) is 0 Å². The van der Waals surface area contributed by atoms with Crippen LogP contribution in [0, 0.1) is 0 Å². The minimum absolute atomic E-state index is 0.312. The number of hydrogen-bond donors (Lipinski definition) is 1. The third-order valence-corrected chi connectivity index (χ3v) is 4.32. The second-order valence-electron chi connectivity index (χ2n) is 5.18. The van der Waals surface area contributed by atoms with Gasteiger partial charge in [-0.15, -0.1) is 11.3 Å². The Balaban J connectivity index is 1.88. The number of aryl methyl sites for hydroxylation is 2. The van der Waals surface area contributed by atoms with Gasteiger partial charge in [-0.05, 0) is 18.4 Å². The van der Waals surface area contributed by atoms with Crippen LogP contribution in [0.1, 0.15) is 24.5 Å². The van der Waals surface area contributed by atoms with Crippen LogP contribution in [-0.4, -0.2) is 25.8 Å². The molecular weight excluding hydrogens is 282 g/mol. The normalized spacial score (nSPS) is 12.7. The van der Waals surface area contributed by atoms with E-state index in [0.717, 1.165) is 35.5 Å². The van der Waals surface area contributed by atoms with E-state index in [4.69, 9.17) is 0 Å². The number of fused-ring (bicyclic) bond motifs is 1. The Morgan fingerprint density at radius 1 is 1.38 bits per heavy atom. The number of anilines is 1. The highest BCUT2D eigenvalue weighted by Gasteiger charge is 2.13. The molecule has 3 rings (SSSR count). The smallest absolute Gasteiger partial charge is 0.163 e. The Labute approximate surface area is 128 Å². The van der Waals surface area contributed by atoms with Gasteiger partial charge in [0.2, 0.25) is 0 Å². The van der Waals surface area contributed by atoms with Gasteiger partial charge in [-0.25, -0.2) is 9.97 Å². The second-order valence-corrected chi connectivity index (χ2v) is 6.21. The quantitative estimate of drug-likeness (QED) is 0.787. The van der Waals surface area contributed by atoms with E-state index < -0.39 is 0 Å². The molecule has 5 nitrogen and oxygen atoms in total. The molecule has 0 radical (unpaired) electrons. The Morgan fingerprint density at radius 3 is 2.95 bits per heavy atom. The van der Waals surface area contributed by atoms with Crippen LogP contribution < -0.4 is 5.32 Å². The van der Waals surface area contributed by atoms with E-state index in [-0.39, 0.29) is 0 Å². The minimum atomic E-state index is 0.312. The fraction of sp³-hybridized carbons (Fsp3) is 0.400. The molecule has 3 aromatic heterocycles. The van der Waals surface area contributed by atoms with Gasteiger partial charge in [0, 0.05) is 30.8 Å². The summed E-state index contributed by atoms with van der Waals surface area (Å²) in [6.07, 6.45) is 3.63. The number of hydrogen-bond acceptors (Lipinski definition) is 5. The Morgan fingerprint density at radius 2 is 2.24 bits per heavy atom. The molecular formula is C15H19N5S. The number of aromatic nitrogens is 4. The summed E-state index contributed by atoms with van der Waals surface area (Å²) in [5, 5.41) is 10.9. The summed E-state index contributed by atoms with van der Waals surface area (Å²) in [4.78, 5) is 10.6. The summed E-state index contributed by atoms with van der Waals surface area (Å²) < 4.78 is 1.80. The van der Waals surface area contributed by atoms with E-state index in [1.54, 1.807) is 16.0 Å². The van der Waals surface area contributed by atoms with Gasteiger partial charge in [-0.3, -0.25) is 4.68 Å². The average molecular weight is 301 g/mol. The lowest BCUT2D eigenvalue weighted by Gasteiger charge is -2.15. The standard InChI is InChI=1S/C15H19N5S/c1-4-13-18-14(12-9-16-20(3)15(12)19-13)17-10(2)8-11-6-5-7-21-11/h5-7,9-10H,4,8H2,1-3H3,(H,17,18,19). The summed E-state index contributed by atoms with van der Waals surface area (Å²) in [7, 11) is 1.91. The van der Waals surface area contributed by atoms with Crippen LogP contribution in [0.2, 0.25) is 0 Å². The van der Waals surface area contributed by atoms with E-state index in [1.807, 2.05) is 13.2 Å². The summed E-state index contributed by atoms with van der Waals surface area (Å²) >= 11 is 1.79. The highest BCUT2D eigenvalue weighted by Crippen LogP contribution is 2.21. The van der Waals surface area contributed by atoms with Crippen molar-refractivity contribution in [2.45, 2.75) is 32.7 Å². The first-order valence-corrected chi connectivity index (χ1v) is 8.03. The molecule has 3 heterocycles. The van der Waals surface area contributed by atoms with Crippen LogP contribution in [0.4, 0.5) is 5.82 Å². The lowest BCUT2D eigenvalue weighted by molar-refractivity contribution is 0.775. The first kappa shape index (κ1) is 14.0. The van der Waals surface area contributed by atoms with E-state index in [0.29, 0.717) is 6.04 Å². The largest absolute Gasteiger partial charge is 0.367 e. The third-order valence-electron chi connectivity index (χ3n) is 3.43. The van der Waals surface area contributed by atoms with Crippen LogP contribution in [0.25, 0.3) is 11.0 Å². The zero-order valence-electron chi connectivity index (χ0n) is 12.5. The molecule has 1 atom stereocenters. The highest BCUT2D eigenvalue weighted by atomic mass is 32.1. The average Bonchev–Trinajstić information content (AvgIpc) is 3.09. The summed E-state index contributed by atoms with van der Waals surface area (Å²) in [5.41, 5.74) is 0.882. The number of thiophene rings is 1. The van der Waals surface area contributed by atoms with Gasteiger partial charge in [-0.2, -0.15) is 5.10 Å². The van der Waals surface area contributed by atoms with E-state index >= 15 is 0 Å². The molecule has 0 amide bonds. The van der Waals surface area contributed by atoms with Crippen molar-refractivity contribution in [1.82, 2.24) is 19.7 Å². The molecule has 0 saturated carbocycles. The first-order chi connectivity index (χ1) is 10.2. The van der Waals surface area contributed by atoms with Crippen molar-refractivity contribution in [1.29, 1.82) is 0 Å². The van der Waals surface area contributed by atoms with Crippen molar-refractivity contribution in [3.05, 3.63) is 34.4 Å². The van der Waals surface area contributed by atoms with Gasteiger partial charge in [0.1, 0.15) is 11.6 Å². The predicted octanol–water partition coefficient (Wildman–Crippen LogP) is 3.03. The molecule has 6 heteroatoms. The van der Waals surface area contributed by atoms with Crippen LogP contribution in [0.3, 0.4) is 0 Å². The molecule has 0 spiro atoms. The summed E-state index contributed by atoms with van der Waals surface area (Å²) in [6, 6.07) is 4.57. The van der Waals surface area contributed by atoms with Gasteiger partial charge in [-0.1, -0.05) is 13.0 Å². The molecule has 3 aromatic rings. The molecule has 0 aliphatic carbocycles. The topological polar surface area (TPSA) is 55.6 Å². The Bertz CT molecular complexity index is 732. The molecule has 0 aliphatic rings. The van der Waals surface area contributed by atoms with Gasteiger partial charge < -0.3 is 5.32 Å². The van der Waals surface area contributed by atoms with Gasteiger partial charge in [0.05, 0.1) is 11.6 Å². The lowest BCUT2D eigenvalue weighted by Crippen LogP contribution is -2.19. The molecule has 0 aliphatic heterocycles. The second kappa shape index (κ2) is 5.81. The van der Waals surface area contributed by atoms with Crippen LogP contribution >= 0.6 is 11.3 Å².